The van der Waals surface area contributed by atoms with Gasteiger partial charge in [-0.25, -0.2) is 4.79 Å². The van der Waals surface area contributed by atoms with Crippen molar-refractivity contribution < 1.29 is 28.4 Å². The van der Waals surface area contributed by atoms with Crippen molar-refractivity contribution in [3.8, 4) is 0 Å². The van der Waals surface area contributed by atoms with Crippen molar-refractivity contribution in [1.82, 2.24) is 5.16 Å². The molecule has 2 aromatic rings. The molecule has 4 fully saturated rings. The lowest BCUT2D eigenvalue weighted by atomic mass is 9.79. The van der Waals surface area contributed by atoms with Crippen LogP contribution in [0.4, 0.5) is 0 Å². The van der Waals surface area contributed by atoms with Gasteiger partial charge in [-0.3, -0.25) is 4.79 Å². The number of benzene rings is 1. The van der Waals surface area contributed by atoms with Crippen LogP contribution in [0.25, 0.3) is 0 Å². The number of nitrogens with zero attached hydrogens (tertiary/aromatic N) is 2. The Kier molecular flexibility index (Phi) is 5.74. The maximum absolute atomic E-state index is 13.6. The van der Waals surface area contributed by atoms with Gasteiger partial charge in [0.15, 0.2) is 17.4 Å². The lowest BCUT2D eigenvalue weighted by Gasteiger charge is -2.54. The molecule has 1 aromatic carbocycles. The van der Waals surface area contributed by atoms with E-state index in [9.17, 15) is 14.7 Å². The van der Waals surface area contributed by atoms with Gasteiger partial charge in [-0.15, -0.1) is 0 Å². The van der Waals surface area contributed by atoms with Crippen LogP contribution in [0.2, 0.25) is 0 Å². The Hall–Kier alpha value is -2.71. The van der Waals surface area contributed by atoms with Crippen LogP contribution >= 0.6 is 0 Å². The summed E-state index contributed by atoms with van der Waals surface area (Å²) in [7, 11) is 0. The number of hydrogen-bond acceptors (Lipinski definition) is 6. The Morgan fingerprint density at radius 1 is 1.12 bits per heavy atom. The normalized spacial score (nSPS) is 30.0. The second kappa shape index (κ2) is 8.57. The molecule has 8 nitrogen and oxygen atoms in total. The summed E-state index contributed by atoms with van der Waals surface area (Å²) >= 11 is 0. The van der Waals surface area contributed by atoms with Crippen LogP contribution in [0.3, 0.4) is 0 Å². The highest BCUT2D eigenvalue weighted by Gasteiger charge is 2.56. The maximum Gasteiger partial charge on any atom is 0.343 e. The second-order valence-electron chi connectivity index (χ2n) is 9.97. The predicted octanol–water partition coefficient (Wildman–Crippen LogP) is 2.43. The van der Waals surface area contributed by atoms with Crippen LogP contribution in [0.1, 0.15) is 55.8 Å². The first kappa shape index (κ1) is 22.1. The molecule has 4 heterocycles. The number of nitrogens with two attached hydrogens (primary N) is 1. The van der Waals surface area contributed by atoms with Gasteiger partial charge < -0.3 is 24.6 Å². The summed E-state index contributed by atoms with van der Waals surface area (Å²) in [6.07, 6.45) is 6.30. The average Bonchev–Trinajstić information content (AvgIpc) is 3.54. The molecule has 4 aliphatic rings. The van der Waals surface area contributed by atoms with E-state index in [-0.39, 0.29) is 17.9 Å². The molecule has 3 saturated heterocycles. The zero-order valence-electron chi connectivity index (χ0n) is 18.8. The molecule has 8 heteroatoms. The number of esters is 1. The van der Waals surface area contributed by atoms with Gasteiger partial charge in [-0.05, 0) is 18.4 Å². The van der Waals surface area contributed by atoms with Crippen molar-refractivity contribution in [3.05, 3.63) is 53.9 Å². The minimum Gasteiger partial charge on any atom is -0.454 e. The first-order valence-corrected chi connectivity index (χ1v) is 12.0. The summed E-state index contributed by atoms with van der Waals surface area (Å²) in [5, 5.41) is 15.8. The molecular formula is C25H32N3O5+. The van der Waals surface area contributed by atoms with E-state index >= 15 is 0 Å². The number of ether oxygens (including phenoxy) is 1. The SMILES string of the molecule is NC(=O)C(c1ccon1)[N+]12CCC(CC1)[C@@H](OC(=O)[C@](O)(c1ccccc1)C1CCCC1)C2. The van der Waals surface area contributed by atoms with Gasteiger partial charge in [0.2, 0.25) is 6.04 Å². The third-order valence-electron chi connectivity index (χ3n) is 8.24. The first-order valence-electron chi connectivity index (χ1n) is 12.0. The largest absolute Gasteiger partial charge is 0.454 e. The molecule has 1 amide bonds. The number of aromatic nitrogens is 1. The monoisotopic (exact) mass is 454 g/mol. The Morgan fingerprint density at radius 2 is 1.82 bits per heavy atom. The average molecular weight is 455 g/mol. The van der Waals surface area contributed by atoms with E-state index in [0.29, 0.717) is 22.3 Å². The fourth-order valence-electron chi connectivity index (χ4n) is 6.50. The summed E-state index contributed by atoms with van der Waals surface area (Å²) in [4.78, 5) is 26.1. The van der Waals surface area contributed by atoms with Gasteiger partial charge in [0, 0.05) is 30.7 Å². The van der Waals surface area contributed by atoms with E-state index in [4.69, 9.17) is 15.0 Å². The fraction of sp³-hybridized carbons (Fsp3) is 0.560. The first-order chi connectivity index (χ1) is 15.9. The van der Waals surface area contributed by atoms with Gasteiger partial charge in [-0.2, -0.15) is 0 Å². The molecule has 1 unspecified atom stereocenters. The third-order valence-corrected chi connectivity index (χ3v) is 8.24. The van der Waals surface area contributed by atoms with Crippen molar-refractivity contribution in [2.24, 2.45) is 17.6 Å². The summed E-state index contributed by atoms with van der Waals surface area (Å²) in [6.45, 7) is 2.02. The van der Waals surface area contributed by atoms with E-state index in [1.165, 1.54) is 6.26 Å². The number of rotatable bonds is 7. The predicted molar refractivity (Wildman–Crippen MR) is 118 cm³/mol. The van der Waals surface area contributed by atoms with E-state index in [0.717, 1.165) is 51.6 Å². The molecule has 0 radical (unpaired) electrons. The lowest BCUT2D eigenvalue weighted by molar-refractivity contribution is -0.965. The summed E-state index contributed by atoms with van der Waals surface area (Å²) < 4.78 is 11.5. The van der Waals surface area contributed by atoms with Gasteiger partial charge in [0.25, 0.3) is 5.91 Å². The zero-order chi connectivity index (χ0) is 23.1. The highest BCUT2D eigenvalue weighted by molar-refractivity contribution is 5.82. The smallest absolute Gasteiger partial charge is 0.343 e. The Bertz CT molecular complexity index is 981. The highest BCUT2D eigenvalue weighted by Crippen LogP contribution is 2.45. The molecule has 176 valence electrons. The number of hydrogen-bond donors (Lipinski definition) is 2. The molecule has 0 spiro atoms. The van der Waals surface area contributed by atoms with Crippen molar-refractivity contribution in [2.45, 2.75) is 56.3 Å². The number of quaternary nitrogens is 1. The maximum atomic E-state index is 13.6. The number of carbonyl (C=O) groups is 2. The number of carbonyl (C=O) groups excluding carboxylic acids is 2. The van der Waals surface area contributed by atoms with Crippen molar-refractivity contribution in [3.63, 3.8) is 0 Å². The quantitative estimate of drug-likeness (QED) is 0.490. The minimum absolute atomic E-state index is 0.162. The Labute approximate surface area is 193 Å². The standard InChI is InChI=1S/C25H31N3O5/c26-23(29)22(20-12-15-32-27-20)28-13-10-17(11-14-28)21(16-28)33-24(30)25(31,19-8-4-5-9-19)18-6-2-1-3-7-18/h1-3,6-7,12,15,17,19,21-22,31H,4-5,8-11,13-14,16H2,(H-,26,29)/p+1/t17?,21-,22?,25-,28?/m0/s1. The van der Waals surface area contributed by atoms with E-state index < -0.39 is 23.5 Å². The topological polar surface area (TPSA) is 116 Å². The molecule has 33 heavy (non-hydrogen) atoms. The number of aliphatic hydroxyl groups is 1. The molecule has 6 rings (SSSR count). The number of piperidine rings is 3. The fourth-order valence-corrected chi connectivity index (χ4v) is 6.50. The summed E-state index contributed by atoms with van der Waals surface area (Å²) in [5.74, 6) is -0.982. The minimum atomic E-state index is -1.66. The number of amides is 1. The van der Waals surface area contributed by atoms with Crippen LogP contribution in [-0.4, -0.2) is 52.4 Å². The molecule has 3 aliphatic heterocycles. The Balaban J connectivity index is 1.42. The van der Waals surface area contributed by atoms with Crippen LogP contribution in [0.15, 0.2) is 47.2 Å². The van der Waals surface area contributed by atoms with Gasteiger partial charge in [-0.1, -0.05) is 48.3 Å². The molecular weight excluding hydrogens is 422 g/mol. The zero-order valence-corrected chi connectivity index (χ0v) is 18.8. The van der Waals surface area contributed by atoms with E-state index in [1.54, 1.807) is 18.2 Å². The van der Waals surface area contributed by atoms with Crippen molar-refractivity contribution in [1.29, 1.82) is 0 Å². The summed E-state index contributed by atoms with van der Waals surface area (Å²) in [5.41, 5.74) is 5.27. The van der Waals surface area contributed by atoms with Crippen molar-refractivity contribution in [2.75, 3.05) is 19.6 Å². The van der Waals surface area contributed by atoms with E-state index in [1.807, 2.05) is 18.2 Å². The van der Waals surface area contributed by atoms with Gasteiger partial charge in [0.1, 0.15) is 12.8 Å². The molecule has 3 N–H and O–H groups in total. The Morgan fingerprint density at radius 3 is 2.42 bits per heavy atom. The van der Waals surface area contributed by atoms with Gasteiger partial charge in [0.05, 0.1) is 13.1 Å². The molecule has 2 bridgehead atoms. The summed E-state index contributed by atoms with van der Waals surface area (Å²) in [6, 6.07) is 10.2. The number of fused-ring (bicyclic) bond motifs is 3. The van der Waals surface area contributed by atoms with Crippen LogP contribution in [0.5, 0.6) is 0 Å². The molecule has 1 saturated carbocycles. The lowest BCUT2D eigenvalue weighted by Crippen LogP contribution is -2.67. The molecule has 3 atom stereocenters. The third kappa shape index (κ3) is 3.75. The van der Waals surface area contributed by atoms with E-state index in [2.05, 4.69) is 5.16 Å². The van der Waals surface area contributed by atoms with Crippen molar-refractivity contribution >= 4 is 11.9 Å². The number of primary amides is 1. The van der Waals surface area contributed by atoms with Gasteiger partial charge >= 0.3 is 5.97 Å². The second-order valence-corrected chi connectivity index (χ2v) is 9.97. The molecule has 1 aromatic heterocycles. The molecule has 1 aliphatic carbocycles. The van der Waals surface area contributed by atoms with Crippen LogP contribution < -0.4 is 5.73 Å². The van der Waals surface area contributed by atoms with Crippen LogP contribution in [-0.2, 0) is 19.9 Å². The highest BCUT2D eigenvalue weighted by atomic mass is 16.6. The van der Waals surface area contributed by atoms with Crippen LogP contribution in [0, 0.1) is 11.8 Å².